The van der Waals surface area contributed by atoms with Gasteiger partial charge in [0.05, 0.1) is 12.1 Å². The van der Waals surface area contributed by atoms with Crippen LogP contribution in [0.15, 0.2) is 0 Å². The summed E-state index contributed by atoms with van der Waals surface area (Å²) in [5, 5.41) is 0. The van der Waals surface area contributed by atoms with Crippen LogP contribution in [0.1, 0.15) is 33.1 Å². The van der Waals surface area contributed by atoms with Crippen LogP contribution in [0.4, 0.5) is 0 Å². The number of ketones is 2. The topological polar surface area (TPSA) is 129 Å². The van der Waals surface area contributed by atoms with Crippen LogP contribution in [0.3, 0.4) is 0 Å². The molecule has 6 heteroatoms. The fraction of sp³-hybridized carbons (Fsp3) is 0.727. The highest BCUT2D eigenvalue weighted by atomic mass is 16.2. The van der Waals surface area contributed by atoms with Crippen molar-refractivity contribution < 1.29 is 14.4 Å². The highest BCUT2D eigenvalue weighted by molar-refractivity contribution is 6.40. The molecule has 0 rings (SSSR count). The van der Waals surface area contributed by atoms with Gasteiger partial charge in [0.1, 0.15) is 0 Å². The van der Waals surface area contributed by atoms with E-state index in [1.165, 1.54) is 0 Å². The van der Waals surface area contributed by atoms with Gasteiger partial charge in [-0.3, -0.25) is 14.4 Å². The molecule has 0 aromatic rings. The van der Waals surface area contributed by atoms with E-state index in [1.54, 1.807) is 0 Å². The molecule has 0 aliphatic rings. The Morgan fingerprint density at radius 2 is 1.47 bits per heavy atom. The predicted molar refractivity (Wildman–Crippen MR) is 63.8 cm³/mol. The third kappa shape index (κ3) is 6.13. The first kappa shape index (κ1) is 15.7. The third-order valence-electron chi connectivity index (χ3n) is 2.34. The standard InChI is InChI=1S/C11H21N3O3/c1-6(2)5-8(13)11(17)10(16)7(12)3-4-9(14)15/h6-8H,3-5,12-13H2,1-2H3,(H2,14,15)/t7-,8-/m0/s1. The molecule has 0 aromatic heterocycles. The molecule has 0 fully saturated rings. The molecule has 6 nitrogen and oxygen atoms in total. The summed E-state index contributed by atoms with van der Waals surface area (Å²) in [6.07, 6.45) is 0.501. The summed E-state index contributed by atoms with van der Waals surface area (Å²) >= 11 is 0. The summed E-state index contributed by atoms with van der Waals surface area (Å²) in [4.78, 5) is 33.7. The van der Waals surface area contributed by atoms with Crippen LogP contribution >= 0.6 is 0 Å². The van der Waals surface area contributed by atoms with Crippen LogP contribution in [-0.2, 0) is 14.4 Å². The number of primary amides is 1. The molecule has 0 bridgehead atoms. The van der Waals surface area contributed by atoms with Crippen molar-refractivity contribution in [1.29, 1.82) is 0 Å². The van der Waals surface area contributed by atoms with Crippen LogP contribution in [0, 0.1) is 5.92 Å². The Morgan fingerprint density at radius 3 is 1.88 bits per heavy atom. The monoisotopic (exact) mass is 243 g/mol. The van der Waals surface area contributed by atoms with Crippen LogP contribution in [-0.4, -0.2) is 29.6 Å². The van der Waals surface area contributed by atoms with E-state index >= 15 is 0 Å². The fourth-order valence-corrected chi connectivity index (χ4v) is 1.41. The zero-order chi connectivity index (χ0) is 13.6. The lowest BCUT2D eigenvalue weighted by Crippen LogP contribution is -2.45. The summed E-state index contributed by atoms with van der Waals surface area (Å²) in [6.45, 7) is 3.81. The first-order valence-corrected chi connectivity index (χ1v) is 5.63. The average Bonchev–Trinajstić information content (AvgIpc) is 2.22. The molecule has 0 aliphatic heterocycles. The maximum Gasteiger partial charge on any atom is 0.217 e. The van der Waals surface area contributed by atoms with Crippen molar-refractivity contribution in [3.05, 3.63) is 0 Å². The molecule has 0 radical (unpaired) electrons. The lowest BCUT2D eigenvalue weighted by Gasteiger charge is -2.14. The third-order valence-corrected chi connectivity index (χ3v) is 2.34. The van der Waals surface area contributed by atoms with Gasteiger partial charge in [0.15, 0.2) is 0 Å². The Kier molecular flexibility index (Phi) is 6.60. The van der Waals surface area contributed by atoms with Gasteiger partial charge in [-0.2, -0.15) is 0 Å². The summed E-state index contributed by atoms with van der Waals surface area (Å²) in [7, 11) is 0. The van der Waals surface area contributed by atoms with Gasteiger partial charge < -0.3 is 17.2 Å². The second-order valence-corrected chi connectivity index (χ2v) is 4.58. The molecule has 0 spiro atoms. The van der Waals surface area contributed by atoms with Gasteiger partial charge in [-0.15, -0.1) is 0 Å². The quantitative estimate of drug-likeness (QED) is 0.475. The minimum absolute atomic E-state index is 0.0143. The SMILES string of the molecule is CC(C)C[C@H](N)C(=O)C(=O)[C@@H](N)CCC(N)=O. The van der Waals surface area contributed by atoms with Crippen molar-refractivity contribution in [2.24, 2.45) is 23.1 Å². The maximum atomic E-state index is 11.6. The van der Waals surface area contributed by atoms with E-state index in [9.17, 15) is 14.4 Å². The Hall–Kier alpha value is -1.27. The Morgan fingerprint density at radius 1 is 1.00 bits per heavy atom. The van der Waals surface area contributed by atoms with Crippen molar-refractivity contribution in [2.75, 3.05) is 0 Å². The van der Waals surface area contributed by atoms with E-state index in [4.69, 9.17) is 17.2 Å². The van der Waals surface area contributed by atoms with Gasteiger partial charge in [-0.1, -0.05) is 13.8 Å². The van der Waals surface area contributed by atoms with Crippen molar-refractivity contribution in [2.45, 2.75) is 45.2 Å². The molecule has 6 N–H and O–H groups in total. The number of carbonyl (C=O) groups is 3. The Bertz CT molecular complexity index is 302. The molecular weight excluding hydrogens is 222 g/mol. The molecular formula is C11H21N3O3. The number of hydrogen-bond donors (Lipinski definition) is 3. The number of nitrogens with two attached hydrogens (primary N) is 3. The van der Waals surface area contributed by atoms with Gasteiger partial charge in [-0.05, 0) is 18.8 Å². The molecule has 17 heavy (non-hydrogen) atoms. The normalized spacial score (nSPS) is 14.4. The number of hydrogen-bond acceptors (Lipinski definition) is 5. The van der Waals surface area contributed by atoms with Crippen molar-refractivity contribution in [3.8, 4) is 0 Å². The zero-order valence-corrected chi connectivity index (χ0v) is 10.3. The molecule has 0 aromatic carbocycles. The molecule has 2 atom stereocenters. The summed E-state index contributed by atoms with van der Waals surface area (Å²) in [5.41, 5.74) is 16.0. The molecule has 0 aliphatic carbocycles. The molecule has 0 heterocycles. The van der Waals surface area contributed by atoms with Crippen LogP contribution in [0.25, 0.3) is 0 Å². The minimum Gasteiger partial charge on any atom is -0.370 e. The summed E-state index contributed by atoms with van der Waals surface area (Å²) in [6, 6.07) is -1.81. The van der Waals surface area contributed by atoms with Gasteiger partial charge in [0.2, 0.25) is 17.5 Å². The summed E-state index contributed by atoms with van der Waals surface area (Å²) in [5.74, 6) is -1.72. The van der Waals surface area contributed by atoms with Crippen LogP contribution in [0.2, 0.25) is 0 Å². The van der Waals surface area contributed by atoms with E-state index in [0.29, 0.717) is 6.42 Å². The molecule has 0 unspecified atom stereocenters. The Balaban J connectivity index is 4.28. The lowest BCUT2D eigenvalue weighted by atomic mass is 9.95. The zero-order valence-electron chi connectivity index (χ0n) is 10.3. The van der Waals surface area contributed by atoms with E-state index in [1.807, 2.05) is 13.8 Å². The van der Waals surface area contributed by atoms with Gasteiger partial charge in [0, 0.05) is 6.42 Å². The van der Waals surface area contributed by atoms with Crippen molar-refractivity contribution >= 4 is 17.5 Å². The van der Waals surface area contributed by atoms with E-state index in [-0.39, 0.29) is 18.8 Å². The number of rotatable bonds is 8. The number of Topliss-reactive ketones (excluding diaryl/α,β-unsaturated/α-hetero) is 2. The Labute approximate surface area is 101 Å². The maximum absolute atomic E-state index is 11.6. The van der Waals surface area contributed by atoms with Crippen molar-refractivity contribution in [3.63, 3.8) is 0 Å². The number of amides is 1. The lowest BCUT2D eigenvalue weighted by molar-refractivity contribution is -0.138. The smallest absolute Gasteiger partial charge is 0.217 e. The molecule has 98 valence electrons. The number of carbonyl (C=O) groups excluding carboxylic acids is 3. The molecule has 1 amide bonds. The average molecular weight is 243 g/mol. The largest absolute Gasteiger partial charge is 0.370 e. The first-order chi connectivity index (χ1) is 7.75. The van der Waals surface area contributed by atoms with E-state index < -0.39 is 29.6 Å². The van der Waals surface area contributed by atoms with Crippen LogP contribution < -0.4 is 17.2 Å². The summed E-state index contributed by atoms with van der Waals surface area (Å²) < 4.78 is 0. The highest BCUT2D eigenvalue weighted by Gasteiger charge is 2.27. The first-order valence-electron chi connectivity index (χ1n) is 5.63. The highest BCUT2D eigenvalue weighted by Crippen LogP contribution is 2.06. The van der Waals surface area contributed by atoms with Crippen molar-refractivity contribution in [1.82, 2.24) is 0 Å². The minimum atomic E-state index is -0.992. The van der Waals surface area contributed by atoms with Gasteiger partial charge >= 0.3 is 0 Å². The fourth-order valence-electron chi connectivity index (χ4n) is 1.41. The molecule has 0 saturated carbocycles. The van der Waals surface area contributed by atoms with E-state index in [2.05, 4.69) is 0 Å². The predicted octanol–water partition coefficient (Wildman–Crippen LogP) is -0.909. The second-order valence-electron chi connectivity index (χ2n) is 4.58. The molecule has 0 saturated heterocycles. The van der Waals surface area contributed by atoms with Gasteiger partial charge in [0.25, 0.3) is 0 Å². The van der Waals surface area contributed by atoms with Crippen LogP contribution in [0.5, 0.6) is 0 Å². The second kappa shape index (κ2) is 7.13. The van der Waals surface area contributed by atoms with E-state index in [0.717, 1.165) is 0 Å². The van der Waals surface area contributed by atoms with Gasteiger partial charge in [-0.25, -0.2) is 0 Å².